The summed E-state index contributed by atoms with van der Waals surface area (Å²) in [6.07, 6.45) is 2.29. The molecule has 4 heteroatoms. The van der Waals surface area contributed by atoms with E-state index >= 15 is 0 Å². The van der Waals surface area contributed by atoms with Crippen LogP contribution in [-0.4, -0.2) is 17.4 Å². The number of rotatable bonds is 2. The highest BCUT2D eigenvalue weighted by molar-refractivity contribution is 9.12. The Bertz CT molecular complexity index is 462. The largest absolute Gasteiger partial charge is 0.427 e. The second-order valence-corrected chi connectivity index (χ2v) is 4.06. The van der Waals surface area contributed by atoms with Crippen molar-refractivity contribution in [1.82, 2.24) is 0 Å². The summed E-state index contributed by atoms with van der Waals surface area (Å²) in [5.41, 5.74) is 1.43. The molecule has 1 N–H and O–H groups in total. The summed E-state index contributed by atoms with van der Waals surface area (Å²) in [5, 5.41) is 9.43. The maximum atomic E-state index is 11.1. The van der Waals surface area contributed by atoms with Crippen LogP contribution >= 0.6 is 15.9 Å². The molecule has 82 valence electrons. The Morgan fingerprint density at radius 2 is 1.94 bits per heavy atom. The zero-order chi connectivity index (χ0) is 11.5. The summed E-state index contributed by atoms with van der Waals surface area (Å²) < 4.78 is 4.89. The van der Waals surface area contributed by atoms with Crippen molar-refractivity contribution in [1.29, 1.82) is 0 Å². The fourth-order valence-corrected chi connectivity index (χ4v) is 1.77. The third kappa shape index (κ3) is 2.23. The second-order valence-electron chi connectivity index (χ2n) is 3.27. The van der Waals surface area contributed by atoms with Gasteiger partial charge in [-0.1, -0.05) is 42.5 Å². The van der Waals surface area contributed by atoms with Crippen molar-refractivity contribution < 1.29 is 14.6 Å². The van der Waals surface area contributed by atoms with Crippen LogP contribution < -0.4 is 0 Å². The maximum Gasteiger partial charge on any atom is 0.348 e. The smallest absolute Gasteiger partial charge is 0.348 e. The van der Waals surface area contributed by atoms with E-state index in [1.54, 1.807) is 6.08 Å². The van der Waals surface area contributed by atoms with Gasteiger partial charge < -0.3 is 9.84 Å². The van der Waals surface area contributed by atoms with Crippen LogP contribution in [0.3, 0.4) is 0 Å². The Kier molecular flexibility index (Phi) is 3.22. The third-order valence-electron chi connectivity index (χ3n) is 2.17. The molecule has 3 nitrogen and oxygen atoms in total. The van der Waals surface area contributed by atoms with Crippen LogP contribution in [0.4, 0.5) is 0 Å². The molecule has 1 atom stereocenters. The fourth-order valence-electron chi connectivity index (χ4n) is 1.35. The molecule has 0 bridgehead atoms. The monoisotopic (exact) mass is 280 g/mol. The van der Waals surface area contributed by atoms with Crippen molar-refractivity contribution >= 4 is 28.0 Å². The van der Waals surface area contributed by atoms with Crippen molar-refractivity contribution in [3.8, 4) is 0 Å². The SMILES string of the molecule is O=C1OC(O)C(/C=C/c2ccccc2)=C1Br. The molecule has 0 fully saturated rings. The van der Waals surface area contributed by atoms with E-state index in [4.69, 9.17) is 0 Å². The third-order valence-corrected chi connectivity index (χ3v) is 2.95. The van der Waals surface area contributed by atoms with Gasteiger partial charge in [-0.3, -0.25) is 0 Å². The van der Waals surface area contributed by atoms with Crippen molar-refractivity contribution in [2.24, 2.45) is 0 Å². The molecule has 1 heterocycles. The summed E-state index contributed by atoms with van der Waals surface area (Å²) >= 11 is 3.08. The van der Waals surface area contributed by atoms with Gasteiger partial charge in [0, 0.05) is 5.57 Å². The van der Waals surface area contributed by atoms with Crippen LogP contribution in [0, 0.1) is 0 Å². The fraction of sp³-hybridized carbons (Fsp3) is 0.0833. The summed E-state index contributed by atoms with van der Waals surface area (Å²) in [6, 6.07) is 9.60. The van der Waals surface area contributed by atoms with E-state index in [2.05, 4.69) is 20.7 Å². The average Bonchev–Trinajstić information content (AvgIpc) is 2.53. The number of hydrogen-bond acceptors (Lipinski definition) is 3. The zero-order valence-corrected chi connectivity index (χ0v) is 9.85. The first-order chi connectivity index (χ1) is 7.68. The number of halogens is 1. The van der Waals surface area contributed by atoms with Gasteiger partial charge in [-0.2, -0.15) is 0 Å². The minimum Gasteiger partial charge on any atom is -0.427 e. The average molecular weight is 281 g/mol. The molecular weight excluding hydrogens is 272 g/mol. The molecule has 0 amide bonds. The predicted octanol–water partition coefficient (Wildman–Crippen LogP) is 2.22. The molecule has 0 saturated carbocycles. The van der Waals surface area contributed by atoms with Gasteiger partial charge in [0.15, 0.2) is 0 Å². The lowest BCUT2D eigenvalue weighted by molar-refractivity contribution is -0.151. The summed E-state index contributed by atoms with van der Waals surface area (Å²) in [4.78, 5) is 11.1. The molecule has 16 heavy (non-hydrogen) atoms. The molecule has 0 aliphatic carbocycles. The number of benzene rings is 1. The molecule has 1 aliphatic heterocycles. The number of carbonyl (C=O) groups excluding carboxylic acids is 1. The van der Waals surface area contributed by atoms with Gasteiger partial charge in [-0.15, -0.1) is 0 Å². The van der Waals surface area contributed by atoms with Crippen molar-refractivity contribution in [3.05, 3.63) is 52.0 Å². The molecule has 1 aromatic carbocycles. The molecule has 2 rings (SSSR count). The summed E-state index contributed by atoms with van der Waals surface area (Å²) in [7, 11) is 0. The van der Waals surface area contributed by atoms with Crippen molar-refractivity contribution in [2.45, 2.75) is 6.29 Å². The lowest BCUT2D eigenvalue weighted by atomic mass is 10.1. The number of cyclic esters (lactones) is 1. The first-order valence-electron chi connectivity index (χ1n) is 4.70. The van der Waals surface area contributed by atoms with Crippen LogP contribution in [0.15, 0.2) is 46.5 Å². The predicted molar refractivity (Wildman–Crippen MR) is 63.5 cm³/mol. The lowest BCUT2D eigenvalue weighted by Gasteiger charge is -2.01. The topological polar surface area (TPSA) is 46.5 Å². The molecule has 0 spiro atoms. The standard InChI is InChI=1S/C12H9BrO3/c13-10-9(11(14)16-12(10)15)7-6-8-4-2-1-3-5-8/h1-7,11,14H/b7-6+. The number of aliphatic hydroxyl groups excluding tert-OH is 1. The van der Waals surface area contributed by atoms with E-state index in [9.17, 15) is 9.90 Å². The number of ether oxygens (including phenoxy) is 1. The molecule has 1 aromatic rings. The number of carbonyl (C=O) groups is 1. The highest BCUT2D eigenvalue weighted by atomic mass is 79.9. The normalized spacial score (nSPS) is 20.6. The second kappa shape index (κ2) is 4.63. The van der Waals surface area contributed by atoms with E-state index in [1.165, 1.54) is 0 Å². The first kappa shape index (κ1) is 11.1. The van der Waals surface area contributed by atoms with Crippen molar-refractivity contribution in [3.63, 3.8) is 0 Å². The Morgan fingerprint density at radius 1 is 1.25 bits per heavy atom. The molecule has 0 radical (unpaired) electrons. The minimum atomic E-state index is -1.18. The number of aliphatic hydroxyl groups is 1. The van der Waals surface area contributed by atoms with E-state index < -0.39 is 12.3 Å². The van der Waals surface area contributed by atoms with Gasteiger partial charge in [-0.05, 0) is 21.5 Å². The van der Waals surface area contributed by atoms with Gasteiger partial charge in [0.25, 0.3) is 0 Å². The van der Waals surface area contributed by atoms with E-state index in [0.717, 1.165) is 5.56 Å². The van der Waals surface area contributed by atoms with Crippen LogP contribution in [0.25, 0.3) is 6.08 Å². The summed E-state index contributed by atoms with van der Waals surface area (Å²) in [5.74, 6) is -0.541. The van der Waals surface area contributed by atoms with Crippen molar-refractivity contribution in [2.75, 3.05) is 0 Å². The van der Waals surface area contributed by atoms with E-state index in [-0.39, 0.29) is 4.48 Å². The zero-order valence-electron chi connectivity index (χ0n) is 8.26. The van der Waals surface area contributed by atoms with Crippen LogP contribution in [0.2, 0.25) is 0 Å². The Morgan fingerprint density at radius 3 is 2.50 bits per heavy atom. The molecular formula is C12H9BrO3. The molecule has 0 aromatic heterocycles. The Hall–Kier alpha value is -1.39. The first-order valence-corrected chi connectivity index (χ1v) is 5.49. The van der Waals surface area contributed by atoms with Crippen LogP contribution in [0.1, 0.15) is 5.56 Å². The molecule has 0 saturated heterocycles. The van der Waals surface area contributed by atoms with Crippen LogP contribution in [0.5, 0.6) is 0 Å². The van der Waals surface area contributed by atoms with E-state index in [1.807, 2.05) is 36.4 Å². The highest BCUT2D eigenvalue weighted by Gasteiger charge is 2.29. The number of hydrogen-bond donors (Lipinski definition) is 1. The quantitative estimate of drug-likeness (QED) is 0.845. The molecule has 1 unspecified atom stereocenters. The molecule has 1 aliphatic rings. The number of esters is 1. The minimum absolute atomic E-state index is 0.271. The maximum absolute atomic E-state index is 11.1. The highest BCUT2D eigenvalue weighted by Crippen LogP contribution is 2.27. The van der Waals surface area contributed by atoms with Gasteiger partial charge in [-0.25, -0.2) is 4.79 Å². The Balaban J connectivity index is 2.22. The van der Waals surface area contributed by atoms with Gasteiger partial charge in [0.2, 0.25) is 6.29 Å². The van der Waals surface area contributed by atoms with E-state index in [0.29, 0.717) is 5.57 Å². The van der Waals surface area contributed by atoms with Crippen LogP contribution in [-0.2, 0) is 9.53 Å². The lowest BCUT2D eigenvalue weighted by Crippen LogP contribution is -2.08. The van der Waals surface area contributed by atoms with Gasteiger partial charge >= 0.3 is 5.97 Å². The van der Waals surface area contributed by atoms with Gasteiger partial charge in [0.1, 0.15) is 4.48 Å². The van der Waals surface area contributed by atoms with Gasteiger partial charge in [0.05, 0.1) is 0 Å². The summed E-state index contributed by atoms with van der Waals surface area (Å²) in [6.45, 7) is 0. The Labute approximate surface area is 101 Å².